The number of aromatic nitrogens is 2. The number of benzene rings is 2. The lowest BCUT2D eigenvalue weighted by Gasteiger charge is -2.09. The molecule has 160 valence electrons. The van der Waals surface area contributed by atoms with Gasteiger partial charge in [-0.25, -0.2) is 9.07 Å². The molecule has 0 spiro atoms. The topological polar surface area (TPSA) is 76.0 Å². The minimum Gasteiger partial charge on any atom is -0.352 e. The van der Waals surface area contributed by atoms with E-state index in [1.165, 1.54) is 12.1 Å². The summed E-state index contributed by atoms with van der Waals surface area (Å²) < 4.78 is 14.9. The van der Waals surface area contributed by atoms with Crippen molar-refractivity contribution in [2.45, 2.75) is 39.7 Å². The molecular formula is C24H25FN4O2. The standard InChI is InChI=1S/C24H25FN4O2/c1-15-22(16(2)29(28-15)21-10-8-19(25)9-11-21)13-23(30)26-14-17-4-3-5-20(12-17)27-24(31)18-6-7-18/h3-5,8-12,18H,6-7,13-14H2,1-2H3,(H,26,30)(H,27,31). The van der Waals surface area contributed by atoms with Gasteiger partial charge in [0.1, 0.15) is 5.82 Å². The van der Waals surface area contributed by atoms with Crippen molar-refractivity contribution in [3.8, 4) is 5.69 Å². The second-order valence-corrected chi connectivity index (χ2v) is 7.96. The predicted molar refractivity (Wildman–Crippen MR) is 116 cm³/mol. The van der Waals surface area contributed by atoms with Crippen LogP contribution in [0.1, 0.15) is 35.4 Å². The molecule has 1 heterocycles. The average Bonchev–Trinajstić information content (AvgIpc) is 3.56. The molecule has 7 heteroatoms. The van der Waals surface area contributed by atoms with Gasteiger partial charge in [-0.15, -0.1) is 0 Å². The summed E-state index contributed by atoms with van der Waals surface area (Å²) in [5, 5.41) is 10.4. The van der Waals surface area contributed by atoms with Gasteiger partial charge in [0.2, 0.25) is 11.8 Å². The quantitative estimate of drug-likeness (QED) is 0.610. The smallest absolute Gasteiger partial charge is 0.227 e. The number of aryl methyl sites for hydroxylation is 1. The number of rotatable bonds is 7. The number of hydrogen-bond donors (Lipinski definition) is 2. The van der Waals surface area contributed by atoms with Gasteiger partial charge in [-0.1, -0.05) is 12.1 Å². The Morgan fingerprint density at radius 2 is 1.87 bits per heavy atom. The number of nitrogens with zero attached hydrogens (tertiary/aromatic N) is 2. The van der Waals surface area contributed by atoms with Crippen molar-refractivity contribution in [1.82, 2.24) is 15.1 Å². The Hall–Kier alpha value is -3.48. The van der Waals surface area contributed by atoms with E-state index in [0.29, 0.717) is 6.54 Å². The molecule has 2 aromatic carbocycles. The summed E-state index contributed by atoms with van der Waals surface area (Å²) in [6.45, 7) is 4.13. The van der Waals surface area contributed by atoms with E-state index in [4.69, 9.17) is 0 Å². The Bertz CT molecular complexity index is 1120. The van der Waals surface area contributed by atoms with Crippen LogP contribution in [0.15, 0.2) is 48.5 Å². The highest BCUT2D eigenvalue weighted by atomic mass is 19.1. The predicted octanol–water partition coefficient (Wildman–Crippen LogP) is 3.84. The lowest BCUT2D eigenvalue weighted by molar-refractivity contribution is -0.120. The number of hydrogen-bond acceptors (Lipinski definition) is 3. The lowest BCUT2D eigenvalue weighted by Crippen LogP contribution is -2.25. The summed E-state index contributed by atoms with van der Waals surface area (Å²) in [5.41, 5.74) is 4.88. The summed E-state index contributed by atoms with van der Waals surface area (Å²) >= 11 is 0. The minimum atomic E-state index is -0.305. The molecule has 1 aliphatic rings. The summed E-state index contributed by atoms with van der Waals surface area (Å²) in [6, 6.07) is 13.6. The van der Waals surface area contributed by atoms with Gasteiger partial charge in [-0.3, -0.25) is 9.59 Å². The highest BCUT2D eigenvalue weighted by Gasteiger charge is 2.29. The fraction of sp³-hybridized carbons (Fsp3) is 0.292. The molecule has 2 N–H and O–H groups in total. The van der Waals surface area contributed by atoms with Crippen molar-refractivity contribution in [2.75, 3.05) is 5.32 Å². The zero-order valence-electron chi connectivity index (χ0n) is 17.6. The number of carbonyl (C=O) groups is 2. The van der Waals surface area contributed by atoms with E-state index in [9.17, 15) is 14.0 Å². The van der Waals surface area contributed by atoms with Gasteiger partial charge < -0.3 is 10.6 Å². The third-order valence-corrected chi connectivity index (χ3v) is 5.48. The van der Waals surface area contributed by atoms with Gasteiger partial charge in [0.05, 0.1) is 17.8 Å². The molecule has 1 fully saturated rings. The molecule has 2 amide bonds. The molecule has 0 saturated heterocycles. The number of amides is 2. The molecule has 1 saturated carbocycles. The summed E-state index contributed by atoms with van der Waals surface area (Å²) in [5.74, 6) is -0.214. The molecule has 0 radical (unpaired) electrons. The van der Waals surface area contributed by atoms with E-state index in [-0.39, 0.29) is 30.0 Å². The van der Waals surface area contributed by atoms with Crippen LogP contribution in [-0.2, 0) is 22.6 Å². The first kappa shape index (κ1) is 20.8. The van der Waals surface area contributed by atoms with Crippen LogP contribution < -0.4 is 10.6 Å². The average molecular weight is 420 g/mol. The first-order valence-electron chi connectivity index (χ1n) is 10.4. The molecule has 6 nitrogen and oxygen atoms in total. The monoisotopic (exact) mass is 420 g/mol. The maximum atomic E-state index is 13.2. The first-order chi connectivity index (χ1) is 14.9. The molecule has 1 aromatic heterocycles. The van der Waals surface area contributed by atoms with Gasteiger partial charge in [0, 0.05) is 29.4 Å². The first-order valence-corrected chi connectivity index (χ1v) is 10.4. The molecule has 0 atom stereocenters. The number of carbonyl (C=O) groups excluding carboxylic acids is 2. The maximum Gasteiger partial charge on any atom is 0.227 e. The summed E-state index contributed by atoms with van der Waals surface area (Å²) in [4.78, 5) is 24.5. The molecular weight excluding hydrogens is 395 g/mol. The molecule has 0 aliphatic heterocycles. The maximum absolute atomic E-state index is 13.2. The highest BCUT2D eigenvalue weighted by molar-refractivity contribution is 5.94. The molecule has 0 bridgehead atoms. The van der Waals surface area contributed by atoms with Gasteiger partial charge in [-0.2, -0.15) is 5.10 Å². The van der Waals surface area contributed by atoms with E-state index in [1.807, 2.05) is 38.1 Å². The van der Waals surface area contributed by atoms with Gasteiger partial charge >= 0.3 is 0 Å². The molecule has 4 rings (SSSR count). The largest absolute Gasteiger partial charge is 0.352 e. The fourth-order valence-electron chi connectivity index (χ4n) is 3.54. The van der Waals surface area contributed by atoms with Crippen LogP contribution in [0.25, 0.3) is 5.69 Å². The number of anilines is 1. The van der Waals surface area contributed by atoms with Crippen LogP contribution in [0.3, 0.4) is 0 Å². The van der Waals surface area contributed by atoms with Crippen LogP contribution in [0, 0.1) is 25.6 Å². The van der Waals surface area contributed by atoms with Gasteiger partial charge in [0.25, 0.3) is 0 Å². The normalized spacial score (nSPS) is 13.1. The van der Waals surface area contributed by atoms with Gasteiger partial charge in [0.15, 0.2) is 0 Å². The Morgan fingerprint density at radius 3 is 2.58 bits per heavy atom. The van der Waals surface area contributed by atoms with Crippen LogP contribution >= 0.6 is 0 Å². The number of nitrogens with one attached hydrogen (secondary N) is 2. The molecule has 1 aliphatic carbocycles. The zero-order valence-corrected chi connectivity index (χ0v) is 17.6. The minimum absolute atomic E-state index is 0.0605. The third kappa shape index (κ3) is 4.99. The van der Waals surface area contributed by atoms with Crippen molar-refractivity contribution < 1.29 is 14.0 Å². The van der Waals surface area contributed by atoms with Crippen molar-refractivity contribution >= 4 is 17.5 Å². The lowest BCUT2D eigenvalue weighted by atomic mass is 10.1. The van der Waals surface area contributed by atoms with E-state index >= 15 is 0 Å². The van der Waals surface area contributed by atoms with E-state index in [0.717, 1.165) is 46.7 Å². The van der Waals surface area contributed by atoms with Crippen LogP contribution in [0.5, 0.6) is 0 Å². The van der Waals surface area contributed by atoms with E-state index < -0.39 is 0 Å². The summed E-state index contributed by atoms with van der Waals surface area (Å²) in [6.07, 6.45) is 2.12. The Labute approximate surface area is 180 Å². The highest BCUT2D eigenvalue weighted by Crippen LogP contribution is 2.30. The van der Waals surface area contributed by atoms with Crippen LogP contribution in [-0.4, -0.2) is 21.6 Å². The molecule has 3 aromatic rings. The fourth-order valence-corrected chi connectivity index (χ4v) is 3.54. The van der Waals surface area contributed by atoms with E-state index in [2.05, 4.69) is 15.7 Å². The van der Waals surface area contributed by atoms with E-state index in [1.54, 1.807) is 16.8 Å². The second kappa shape index (κ2) is 8.71. The Balaban J connectivity index is 1.38. The Morgan fingerprint density at radius 1 is 1.13 bits per heavy atom. The second-order valence-electron chi connectivity index (χ2n) is 7.96. The van der Waals surface area contributed by atoms with Crippen molar-refractivity contribution in [2.24, 2.45) is 5.92 Å². The molecule has 31 heavy (non-hydrogen) atoms. The van der Waals surface area contributed by atoms with Crippen molar-refractivity contribution in [1.29, 1.82) is 0 Å². The molecule has 0 unspecified atom stereocenters. The zero-order chi connectivity index (χ0) is 22.0. The van der Waals surface area contributed by atoms with Gasteiger partial charge in [-0.05, 0) is 68.7 Å². The SMILES string of the molecule is Cc1nn(-c2ccc(F)cc2)c(C)c1CC(=O)NCc1cccc(NC(=O)C2CC2)c1. The third-order valence-electron chi connectivity index (χ3n) is 5.48. The van der Waals surface area contributed by atoms with Crippen LogP contribution in [0.2, 0.25) is 0 Å². The van der Waals surface area contributed by atoms with Crippen molar-refractivity contribution in [3.63, 3.8) is 0 Å². The van der Waals surface area contributed by atoms with Crippen molar-refractivity contribution in [3.05, 3.63) is 76.9 Å². The Kier molecular flexibility index (Phi) is 5.84. The van der Waals surface area contributed by atoms with Crippen LogP contribution in [0.4, 0.5) is 10.1 Å². The summed E-state index contributed by atoms with van der Waals surface area (Å²) in [7, 11) is 0. The number of halogens is 1.